The van der Waals surface area contributed by atoms with Crippen LogP contribution in [0.3, 0.4) is 0 Å². The van der Waals surface area contributed by atoms with E-state index in [-0.39, 0.29) is 21.7 Å². The average Bonchev–Trinajstić information content (AvgIpc) is 3.27. The molecule has 20 heavy (non-hydrogen) atoms. The summed E-state index contributed by atoms with van der Waals surface area (Å²) in [5, 5.41) is 13.9. The van der Waals surface area contributed by atoms with E-state index in [1.807, 2.05) is 0 Å². The molecule has 0 heterocycles. The third-order valence-corrected chi connectivity index (χ3v) is 4.66. The highest BCUT2D eigenvalue weighted by atomic mass is 35.5. The van der Waals surface area contributed by atoms with Gasteiger partial charge >= 0.3 is 5.69 Å². The highest BCUT2D eigenvalue weighted by Crippen LogP contribution is 2.60. The Morgan fingerprint density at radius 1 is 1.45 bits per heavy atom. The molecule has 3 rings (SSSR count). The number of nitrogens with one attached hydrogen (secondary N) is 1. The zero-order chi connectivity index (χ0) is 14.3. The predicted octanol–water partition coefficient (Wildman–Crippen LogP) is 3.17. The molecule has 2 saturated carbocycles. The maximum Gasteiger partial charge on any atom is 0.300 e. The molecule has 106 valence electrons. The number of amides is 1. The van der Waals surface area contributed by atoms with Gasteiger partial charge < -0.3 is 5.32 Å². The van der Waals surface area contributed by atoms with Crippen LogP contribution in [0.2, 0.25) is 5.02 Å². The lowest BCUT2D eigenvalue weighted by Gasteiger charge is -2.15. The van der Waals surface area contributed by atoms with E-state index in [4.69, 9.17) is 11.6 Å². The number of rotatable bonds is 5. The Morgan fingerprint density at radius 2 is 2.15 bits per heavy atom. The molecule has 0 unspecified atom stereocenters. The minimum absolute atomic E-state index is 0.00835. The lowest BCUT2D eigenvalue weighted by Crippen LogP contribution is -2.31. The van der Waals surface area contributed by atoms with Gasteiger partial charge in [0.1, 0.15) is 10.6 Å². The molecule has 1 amide bonds. The van der Waals surface area contributed by atoms with Crippen molar-refractivity contribution in [2.75, 3.05) is 6.54 Å². The van der Waals surface area contributed by atoms with Crippen LogP contribution in [0.1, 0.15) is 36.0 Å². The standard InChI is InChI=1S/C14H15ClN2O3/c15-11-3-1-2-10(12(11)17(19)20)13(18)16-8-14(6-7-14)9-4-5-9/h1-3,9H,4-8H2,(H,16,18). The monoisotopic (exact) mass is 294 g/mol. The van der Waals surface area contributed by atoms with Crippen LogP contribution < -0.4 is 5.32 Å². The van der Waals surface area contributed by atoms with Gasteiger partial charge in [0.15, 0.2) is 0 Å². The largest absolute Gasteiger partial charge is 0.351 e. The molecule has 0 spiro atoms. The molecule has 2 aliphatic carbocycles. The normalized spacial score (nSPS) is 19.4. The third-order valence-electron chi connectivity index (χ3n) is 4.35. The number of hydrogen-bond acceptors (Lipinski definition) is 3. The van der Waals surface area contributed by atoms with E-state index in [1.165, 1.54) is 25.0 Å². The van der Waals surface area contributed by atoms with E-state index < -0.39 is 10.8 Å². The zero-order valence-electron chi connectivity index (χ0n) is 10.9. The van der Waals surface area contributed by atoms with Crippen LogP contribution in [-0.4, -0.2) is 17.4 Å². The fourth-order valence-corrected chi connectivity index (χ4v) is 3.06. The molecule has 1 aromatic rings. The first kappa shape index (κ1) is 13.4. The molecular weight excluding hydrogens is 280 g/mol. The van der Waals surface area contributed by atoms with Crippen molar-refractivity contribution in [3.63, 3.8) is 0 Å². The number of benzene rings is 1. The minimum Gasteiger partial charge on any atom is -0.351 e. The maximum atomic E-state index is 12.2. The van der Waals surface area contributed by atoms with Crippen LogP contribution >= 0.6 is 11.6 Å². The van der Waals surface area contributed by atoms with Crippen LogP contribution in [0.25, 0.3) is 0 Å². The van der Waals surface area contributed by atoms with Gasteiger partial charge in [-0.2, -0.15) is 0 Å². The van der Waals surface area contributed by atoms with E-state index in [0.717, 1.165) is 18.8 Å². The molecule has 0 saturated heterocycles. The minimum atomic E-state index is -0.606. The summed E-state index contributed by atoms with van der Waals surface area (Å²) in [6.07, 6.45) is 4.78. The number of nitro groups is 1. The van der Waals surface area contributed by atoms with E-state index >= 15 is 0 Å². The highest BCUT2D eigenvalue weighted by molar-refractivity contribution is 6.33. The molecular formula is C14H15ClN2O3. The first-order chi connectivity index (χ1) is 9.53. The van der Waals surface area contributed by atoms with Crippen molar-refractivity contribution in [1.82, 2.24) is 5.32 Å². The van der Waals surface area contributed by atoms with Crippen molar-refractivity contribution in [3.05, 3.63) is 38.9 Å². The van der Waals surface area contributed by atoms with Crippen molar-refractivity contribution in [2.45, 2.75) is 25.7 Å². The molecule has 0 atom stereocenters. The van der Waals surface area contributed by atoms with Gasteiger partial charge in [-0.1, -0.05) is 17.7 Å². The van der Waals surface area contributed by atoms with E-state index in [1.54, 1.807) is 6.07 Å². The molecule has 0 bridgehead atoms. The molecule has 5 nitrogen and oxygen atoms in total. The number of carbonyl (C=O) groups is 1. The van der Waals surface area contributed by atoms with Crippen molar-refractivity contribution < 1.29 is 9.72 Å². The van der Waals surface area contributed by atoms with Crippen molar-refractivity contribution in [1.29, 1.82) is 0 Å². The van der Waals surface area contributed by atoms with Crippen molar-refractivity contribution in [3.8, 4) is 0 Å². The Morgan fingerprint density at radius 3 is 2.70 bits per heavy atom. The van der Waals surface area contributed by atoms with Gasteiger partial charge in [-0.15, -0.1) is 0 Å². The second-order valence-electron chi connectivity index (χ2n) is 5.71. The number of para-hydroxylation sites is 1. The number of hydrogen-bond donors (Lipinski definition) is 1. The molecule has 0 aromatic heterocycles. The summed E-state index contributed by atoms with van der Waals surface area (Å²) in [5.74, 6) is 0.322. The van der Waals surface area contributed by atoms with Crippen LogP contribution in [0, 0.1) is 21.4 Å². The topological polar surface area (TPSA) is 72.2 Å². The summed E-state index contributed by atoms with van der Waals surface area (Å²) in [5.41, 5.74) is -0.0136. The second kappa shape index (κ2) is 4.74. The molecule has 0 aliphatic heterocycles. The Balaban J connectivity index is 1.74. The number of nitrogens with zero attached hydrogens (tertiary/aromatic N) is 1. The molecule has 2 fully saturated rings. The van der Waals surface area contributed by atoms with E-state index in [2.05, 4.69) is 5.32 Å². The van der Waals surface area contributed by atoms with Gasteiger partial charge in [-0.3, -0.25) is 14.9 Å². The third kappa shape index (κ3) is 2.38. The Bertz CT molecular complexity index is 580. The fraction of sp³-hybridized carbons (Fsp3) is 0.500. The molecule has 6 heteroatoms. The first-order valence-electron chi connectivity index (χ1n) is 6.75. The predicted molar refractivity (Wildman–Crippen MR) is 74.8 cm³/mol. The SMILES string of the molecule is O=C(NCC1(C2CC2)CC1)c1cccc(Cl)c1[N+](=O)[O-]. The number of carbonyl (C=O) groups excluding carboxylic acids is 1. The summed E-state index contributed by atoms with van der Waals surface area (Å²) < 4.78 is 0. The smallest absolute Gasteiger partial charge is 0.300 e. The second-order valence-corrected chi connectivity index (χ2v) is 6.12. The van der Waals surface area contributed by atoms with Crippen LogP contribution in [0.15, 0.2) is 18.2 Å². The summed E-state index contributed by atoms with van der Waals surface area (Å²) in [6.45, 7) is 0.611. The number of nitro benzene ring substituents is 1. The first-order valence-corrected chi connectivity index (χ1v) is 7.12. The Labute approximate surface area is 121 Å². The van der Waals surface area contributed by atoms with Crippen LogP contribution in [0.5, 0.6) is 0 Å². The summed E-state index contributed by atoms with van der Waals surface area (Å²) in [4.78, 5) is 22.6. The molecule has 0 radical (unpaired) electrons. The van der Waals surface area contributed by atoms with Gasteiger partial charge in [-0.05, 0) is 49.1 Å². The average molecular weight is 295 g/mol. The van der Waals surface area contributed by atoms with Gasteiger partial charge in [0.05, 0.1) is 4.92 Å². The van der Waals surface area contributed by atoms with Gasteiger partial charge in [0, 0.05) is 6.54 Å². The Kier molecular flexibility index (Phi) is 3.17. The van der Waals surface area contributed by atoms with Crippen LogP contribution in [0.4, 0.5) is 5.69 Å². The van der Waals surface area contributed by atoms with E-state index in [0.29, 0.717) is 6.54 Å². The zero-order valence-corrected chi connectivity index (χ0v) is 11.7. The lowest BCUT2D eigenvalue weighted by atomic mass is 10.0. The lowest BCUT2D eigenvalue weighted by molar-refractivity contribution is -0.385. The molecule has 1 N–H and O–H groups in total. The van der Waals surface area contributed by atoms with Crippen LogP contribution in [-0.2, 0) is 0 Å². The number of halogens is 1. The highest BCUT2D eigenvalue weighted by Gasteiger charge is 2.53. The summed E-state index contributed by atoms with van der Waals surface area (Å²) in [7, 11) is 0. The van der Waals surface area contributed by atoms with Gasteiger partial charge in [0.2, 0.25) is 0 Å². The Hall–Kier alpha value is -1.62. The quantitative estimate of drug-likeness (QED) is 0.669. The summed E-state index contributed by atoms with van der Waals surface area (Å²) in [6, 6.07) is 4.41. The maximum absolute atomic E-state index is 12.2. The molecule has 2 aliphatic rings. The van der Waals surface area contributed by atoms with Crippen molar-refractivity contribution >= 4 is 23.2 Å². The van der Waals surface area contributed by atoms with Gasteiger partial charge in [-0.25, -0.2) is 0 Å². The van der Waals surface area contributed by atoms with E-state index in [9.17, 15) is 14.9 Å². The van der Waals surface area contributed by atoms with Crippen molar-refractivity contribution in [2.24, 2.45) is 11.3 Å². The fourth-order valence-electron chi connectivity index (χ4n) is 2.82. The molecule has 1 aromatic carbocycles. The summed E-state index contributed by atoms with van der Waals surface area (Å²) >= 11 is 5.81. The van der Waals surface area contributed by atoms with Gasteiger partial charge in [0.25, 0.3) is 5.91 Å².